The Labute approximate surface area is 178 Å². The number of hydrogen-bond donors (Lipinski definition) is 2. The van der Waals surface area contributed by atoms with Crippen molar-refractivity contribution < 1.29 is 43.2 Å². The molecule has 4 amide bonds. The Morgan fingerprint density at radius 2 is 1.26 bits per heavy atom. The lowest BCUT2D eigenvalue weighted by atomic mass is 10.1. The number of nitrogens with zero attached hydrogens (tertiary/aromatic N) is 2. The molecule has 0 aromatic heterocycles. The molecule has 1 atom stereocenters. The molecular weight excluding hydrogens is 416 g/mol. The van der Waals surface area contributed by atoms with E-state index in [1.807, 2.05) is 0 Å². The van der Waals surface area contributed by atoms with E-state index in [1.54, 1.807) is 0 Å². The van der Waals surface area contributed by atoms with Crippen LogP contribution in [0.4, 0.5) is 0 Å². The second-order valence-electron chi connectivity index (χ2n) is 6.67. The number of rotatable bonds is 10. The fourth-order valence-corrected chi connectivity index (χ4v) is 2.36. The molecular formula is C18H28N4O9. The van der Waals surface area contributed by atoms with E-state index in [0.29, 0.717) is 36.4 Å². The summed E-state index contributed by atoms with van der Waals surface area (Å²) in [7, 11) is 0. The Morgan fingerprint density at radius 3 is 1.68 bits per heavy atom. The number of carbonyl (C=O) groups excluding carboxylic acids is 6. The van der Waals surface area contributed by atoms with Crippen LogP contribution in [0.2, 0.25) is 0 Å². The quantitative estimate of drug-likeness (QED) is 0.296. The fraction of sp³-hybridized carbons (Fsp3) is 0.667. The van der Waals surface area contributed by atoms with E-state index in [9.17, 15) is 28.8 Å². The number of imide groups is 2. The molecule has 0 spiro atoms. The summed E-state index contributed by atoms with van der Waals surface area (Å²) in [5.41, 5.74) is 10.2. The van der Waals surface area contributed by atoms with E-state index in [1.165, 1.54) is 6.92 Å². The van der Waals surface area contributed by atoms with Gasteiger partial charge in [0.15, 0.2) is 0 Å². The zero-order chi connectivity index (χ0) is 23.4. The summed E-state index contributed by atoms with van der Waals surface area (Å²) >= 11 is 0. The summed E-state index contributed by atoms with van der Waals surface area (Å²) in [5, 5.41) is 0.853. The number of nitrogens with two attached hydrogens (primary N) is 2. The molecule has 2 heterocycles. The van der Waals surface area contributed by atoms with E-state index in [2.05, 4.69) is 4.84 Å². The summed E-state index contributed by atoms with van der Waals surface area (Å²) < 4.78 is 4.88. The molecule has 2 aliphatic rings. The van der Waals surface area contributed by atoms with Gasteiger partial charge < -0.3 is 25.9 Å². The molecule has 2 saturated heterocycles. The van der Waals surface area contributed by atoms with Crippen molar-refractivity contribution in [3.05, 3.63) is 0 Å². The second kappa shape index (κ2) is 13.4. The van der Waals surface area contributed by atoms with Crippen LogP contribution < -0.4 is 11.5 Å². The molecule has 174 valence electrons. The van der Waals surface area contributed by atoms with Gasteiger partial charge in [-0.15, -0.1) is 10.1 Å². The minimum atomic E-state index is -0.841. The molecule has 0 radical (unpaired) electrons. The molecule has 4 N–H and O–H groups in total. The lowest BCUT2D eigenvalue weighted by molar-refractivity contribution is -0.201. The predicted octanol–water partition coefficient (Wildman–Crippen LogP) is -1.46. The zero-order valence-corrected chi connectivity index (χ0v) is 17.4. The van der Waals surface area contributed by atoms with Crippen molar-refractivity contribution in [1.82, 2.24) is 10.1 Å². The first kappa shape index (κ1) is 26.1. The number of hydroxylamine groups is 4. The maximum Gasteiger partial charge on any atom is 0.335 e. The van der Waals surface area contributed by atoms with Gasteiger partial charge >= 0.3 is 11.9 Å². The van der Waals surface area contributed by atoms with Crippen LogP contribution in [0.3, 0.4) is 0 Å². The molecule has 0 aromatic rings. The normalized spacial score (nSPS) is 16.9. The molecule has 31 heavy (non-hydrogen) atoms. The molecule has 0 aromatic carbocycles. The summed E-state index contributed by atoms with van der Waals surface area (Å²) in [6.07, 6.45) is -0.270. The standard InChI is InChI=1S/C14H16N2O8.C4H12N2O/c1-8(14(22)24-16-11(19)5-6-12(16)20)2-7-13(21)23-15-9(17)3-4-10(15)18;5-1-3-7-4-2-6/h8H,2-7H2,1H3;1-6H2. The Bertz CT molecular complexity index is 662. The first-order valence-corrected chi connectivity index (χ1v) is 9.83. The second-order valence-corrected chi connectivity index (χ2v) is 6.67. The van der Waals surface area contributed by atoms with Crippen molar-refractivity contribution in [1.29, 1.82) is 0 Å². The highest BCUT2D eigenvalue weighted by molar-refractivity contribution is 6.02. The number of ether oxygens (including phenoxy) is 1. The van der Waals surface area contributed by atoms with E-state index >= 15 is 0 Å². The largest absolute Gasteiger partial charge is 0.379 e. The number of amides is 4. The smallest absolute Gasteiger partial charge is 0.335 e. The van der Waals surface area contributed by atoms with Crippen LogP contribution in [0.5, 0.6) is 0 Å². The van der Waals surface area contributed by atoms with Gasteiger partial charge in [0, 0.05) is 45.2 Å². The zero-order valence-electron chi connectivity index (χ0n) is 17.4. The number of hydrogen-bond acceptors (Lipinski definition) is 11. The van der Waals surface area contributed by atoms with Crippen molar-refractivity contribution in [2.75, 3.05) is 26.3 Å². The molecule has 0 saturated carbocycles. The average molecular weight is 444 g/mol. The third-order valence-electron chi connectivity index (χ3n) is 4.09. The first-order valence-electron chi connectivity index (χ1n) is 9.83. The van der Waals surface area contributed by atoms with Crippen LogP contribution in [-0.4, -0.2) is 72.0 Å². The highest BCUT2D eigenvalue weighted by Crippen LogP contribution is 2.17. The van der Waals surface area contributed by atoms with E-state index in [-0.39, 0.29) is 38.5 Å². The lowest BCUT2D eigenvalue weighted by Crippen LogP contribution is -2.34. The summed E-state index contributed by atoms with van der Waals surface area (Å²) in [4.78, 5) is 78.1. The van der Waals surface area contributed by atoms with Gasteiger partial charge in [-0.1, -0.05) is 6.92 Å². The Hall–Kier alpha value is -2.90. The van der Waals surface area contributed by atoms with Gasteiger partial charge in [-0.3, -0.25) is 19.2 Å². The maximum atomic E-state index is 11.8. The minimum absolute atomic E-state index is 0.00408. The molecule has 1 unspecified atom stereocenters. The summed E-state index contributed by atoms with van der Waals surface area (Å²) in [5.74, 6) is -4.83. The maximum absolute atomic E-state index is 11.8. The summed E-state index contributed by atoms with van der Waals surface area (Å²) in [6.45, 7) is 3.86. The van der Waals surface area contributed by atoms with Crippen LogP contribution >= 0.6 is 0 Å². The highest BCUT2D eigenvalue weighted by Gasteiger charge is 2.35. The Morgan fingerprint density at radius 1 is 0.839 bits per heavy atom. The van der Waals surface area contributed by atoms with Crippen LogP contribution in [0.1, 0.15) is 45.4 Å². The average Bonchev–Trinajstić information content (AvgIpc) is 3.23. The van der Waals surface area contributed by atoms with Crippen LogP contribution in [0.25, 0.3) is 0 Å². The van der Waals surface area contributed by atoms with Gasteiger partial charge in [0.25, 0.3) is 23.6 Å². The van der Waals surface area contributed by atoms with Gasteiger partial charge in [-0.25, -0.2) is 9.59 Å². The van der Waals surface area contributed by atoms with Crippen LogP contribution in [0.15, 0.2) is 0 Å². The van der Waals surface area contributed by atoms with E-state index in [4.69, 9.17) is 21.0 Å². The highest BCUT2D eigenvalue weighted by atomic mass is 16.7. The third-order valence-corrected chi connectivity index (χ3v) is 4.09. The predicted molar refractivity (Wildman–Crippen MR) is 102 cm³/mol. The Kier molecular flexibility index (Phi) is 11.3. The van der Waals surface area contributed by atoms with Crippen LogP contribution in [0, 0.1) is 5.92 Å². The molecule has 0 bridgehead atoms. The molecule has 13 nitrogen and oxygen atoms in total. The van der Waals surface area contributed by atoms with Gasteiger partial charge in [-0.05, 0) is 6.42 Å². The Balaban J connectivity index is 0.000000592. The molecule has 2 fully saturated rings. The minimum Gasteiger partial charge on any atom is -0.379 e. The van der Waals surface area contributed by atoms with Gasteiger partial charge in [0.1, 0.15) is 0 Å². The van der Waals surface area contributed by atoms with Crippen molar-refractivity contribution in [2.45, 2.75) is 45.4 Å². The van der Waals surface area contributed by atoms with Gasteiger partial charge in [0.05, 0.1) is 19.1 Å². The third kappa shape index (κ3) is 8.78. The topological polar surface area (TPSA) is 189 Å². The summed E-state index contributed by atoms with van der Waals surface area (Å²) in [6, 6.07) is 0. The molecule has 2 rings (SSSR count). The van der Waals surface area contributed by atoms with Gasteiger partial charge in [-0.2, -0.15) is 0 Å². The molecule has 13 heteroatoms. The van der Waals surface area contributed by atoms with Crippen molar-refractivity contribution >= 4 is 35.6 Å². The fourth-order valence-electron chi connectivity index (χ4n) is 2.36. The monoisotopic (exact) mass is 444 g/mol. The SMILES string of the molecule is CC(CCC(=O)ON1C(=O)CCC1=O)C(=O)ON1C(=O)CCC1=O.NCCOCCN. The van der Waals surface area contributed by atoms with E-state index < -0.39 is 41.5 Å². The molecule has 2 aliphatic heterocycles. The molecule has 0 aliphatic carbocycles. The van der Waals surface area contributed by atoms with Crippen LogP contribution in [-0.2, 0) is 43.2 Å². The van der Waals surface area contributed by atoms with Crippen molar-refractivity contribution in [2.24, 2.45) is 17.4 Å². The number of carbonyl (C=O) groups is 6. The van der Waals surface area contributed by atoms with Gasteiger partial charge in [0.2, 0.25) is 0 Å². The van der Waals surface area contributed by atoms with Crippen molar-refractivity contribution in [3.8, 4) is 0 Å². The van der Waals surface area contributed by atoms with E-state index in [0.717, 1.165) is 0 Å². The first-order chi connectivity index (χ1) is 14.7. The van der Waals surface area contributed by atoms with Crippen molar-refractivity contribution in [3.63, 3.8) is 0 Å². The lowest BCUT2D eigenvalue weighted by Gasteiger charge is -2.16.